The van der Waals surface area contributed by atoms with Crippen LogP contribution in [0.3, 0.4) is 0 Å². The van der Waals surface area contributed by atoms with E-state index in [9.17, 15) is 14.4 Å². The summed E-state index contributed by atoms with van der Waals surface area (Å²) in [4.78, 5) is 35.4. The minimum Gasteiger partial charge on any atom is -0.508 e. The van der Waals surface area contributed by atoms with Crippen LogP contribution < -0.4 is 4.90 Å². The number of ether oxygens (including phenoxy) is 2. The molecule has 1 aliphatic heterocycles. The van der Waals surface area contributed by atoms with Crippen molar-refractivity contribution >= 4 is 23.6 Å². The van der Waals surface area contributed by atoms with Crippen LogP contribution in [0.2, 0.25) is 0 Å². The molecule has 0 bridgehead atoms. The van der Waals surface area contributed by atoms with Crippen molar-refractivity contribution in [3.8, 4) is 5.75 Å². The first-order valence-electron chi connectivity index (χ1n) is 12.5. The van der Waals surface area contributed by atoms with Gasteiger partial charge in [-0.25, -0.2) is 14.4 Å². The van der Waals surface area contributed by atoms with Crippen molar-refractivity contribution < 1.29 is 39.2 Å². The van der Waals surface area contributed by atoms with E-state index in [2.05, 4.69) is 4.90 Å². The first-order chi connectivity index (χ1) is 17.4. The topological polar surface area (TPSA) is 134 Å². The Morgan fingerprint density at radius 1 is 0.838 bits per heavy atom. The number of anilines is 1. The van der Waals surface area contributed by atoms with E-state index in [1.807, 2.05) is 45.0 Å². The van der Waals surface area contributed by atoms with E-state index < -0.39 is 23.1 Å². The monoisotopic (exact) mass is 513 g/mol. The lowest BCUT2D eigenvalue weighted by Gasteiger charge is -2.37. The van der Waals surface area contributed by atoms with Gasteiger partial charge in [-0.2, -0.15) is 0 Å². The minimum atomic E-state index is -1.38. The molecule has 1 saturated carbocycles. The largest absolute Gasteiger partial charge is 0.508 e. The highest BCUT2D eigenvalue weighted by Gasteiger charge is 2.26. The molecule has 2 fully saturated rings. The highest BCUT2D eigenvalue weighted by atomic mass is 16.6. The molecule has 2 aliphatic rings. The molecule has 1 saturated heterocycles. The summed E-state index contributed by atoms with van der Waals surface area (Å²) in [6.07, 6.45) is 6.93. The van der Waals surface area contributed by atoms with E-state index in [1.54, 1.807) is 0 Å². The normalized spacial score (nSPS) is 16.2. The Labute approximate surface area is 216 Å². The Hall–Kier alpha value is -3.59. The van der Waals surface area contributed by atoms with Crippen LogP contribution in [0.25, 0.3) is 0 Å². The van der Waals surface area contributed by atoms with Crippen LogP contribution in [0.15, 0.2) is 42.5 Å². The summed E-state index contributed by atoms with van der Waals surface area (Å²) in [5.74, 6) is -3.25. The van der Waals surface area contributed by atoms with E-state index in [1.165, 1.54) is 24.9 Å². The highest BCUT2D eigenvalue weighted by molar-refractivity contribution is 6.01. The van der Waals surface area contributed by atoms with Gasteiger partial charge in [0, 0.05) is 18.8 Å². The van der Waals surface area contributed by atoms with Crippen LogP contribution in [-0.2, 0) is 9.47 Å². The number of aromatic hydroxyl groups is 1. The lowest BCUT2D eigenvalue weighted by atomic mass is 9.95. The Bertz CT molecular complexity index is 1090. The SMILES string of the molecule is CC(C)(C)OC(=O)c1ccc(N2CCC(OC3CCC3)CC2)cc1.O=C(O)c1ccc(O)cc1C(=O)O. The van der Waals surface area contributed by atoms with Crippen LogP contribution in [0, 0.1) is 0 Å². The van der Waals surface area contributed by atoms with Gasteiger partial charge in [-0.15, -0.1) is 0 Å². The molecule has 0 spiro atoms. The molecule has 0 unspecified atom stereocenters. The van der Waals surface area contributed by atoms with Gasteiger partial charge in [0.2, 0.25) is 0 Å². The van der Waals surface area contributed by atoms with Crippen LogP contribution >= 0.6 is 0 Å². The van der Waals surface area contributed by atoms with Gasteiger partial charge in [0.15, 0.2) is 0 Å². The van der Waals surface area contributed by atoms with Crippen molar-refractivity contribution in [3.05, 3.63) is 59.2 Å². The molecule has 9 nitrogen and oxygen atoms in total. The van der Waals surface area contributed by atoms with E-state index in [-0.39, 0.29) is 17.3 Å². The maximum absolute atomic E-state index is 12.1. The summed E-state index contributed by atoms with van der Waals surface area (Å²) >= 11 is 0. The third-order valence-electron chi connectivity index (χ3n) is 6.21. The number of phenols is 1. The second-order valence-corrected chi connectivity index (χ2v) is 10.3. The number of hydrogen-bond acceptors (Lipinski definition) is 7. The molecule has 1 heterocycles. The molecule has 4 rings (SSSR count). The van der Waals surface area contributed by atoms with Crippen LogP contribution in [-0.4, -0.2) is 64.1 Å². The lowest BCUT2D eigenvalue weighted by Crippen LogP contribution is -2.39. The smallest absolute Gasteiger partial charge is 0.338 e. The predicted octanol–water partition coefficient (Wildman–Crippen LogP) is 4.97. The van der Waals surface area contributed by atoms with E-state index in [4.69, 9.17) is 24.8 Å². The summed E-state index contributed by atoms with van der Waals surface area (Å²) in [6, 6.07) is 10.8. The van der Waals surface area contributed by atoms with Crippen molar-refractivity contribution in [2.24, 2.45) is 0 Å². The first kappa shape index (κ1) is 28.0. The second-order valence-electron chi connectivity index (χ2n) is 10.3. The molecule has 2 aromatic rings. The third-order valence-corrected chi connectivity index (χ3v) is 6.21. The lowest BCUT2D eigenvalue weighted by molar-refractivity contribution is -0.0596. The van der Waals surface area contributed by atoms with Crippen LogP contribution in [0.5, 0.6) is 5.75 Å². The number of nitrogens with zero attached hydrogens (tertiary/aromatic N) is 1. The Kier molecular flexibility index (Phi) is 9.15. The van der Waals surface area contributed by atoms with Gasteiger partial charge < -0.3 is 29.7 Å². The molecule has 0 atom stereocenters. The van der Waals surface area contributed by atoms with Crippen molar-refractivity contribution in [1.29, 1.82) is 0 Å². The fourth-order valence-electron chi connectivity index (χ4n) is 4.07. The number of carbonyl (C=O) groups excluding carboxylic acids is 1. The molecular formula is C28H35NO8. The van der Waals surface area contributed by atoms with E-state index >= 15 is 0 Å². The summed E-state index contributed by atoms with van der Waals surface area (Å²) in [7, 11) is 0. The number of esters is 1. The maximum Gasteiger partial charge on any atom is 0.338 e. The molecule has 1 aliphatic carbocycles. The molecule has 200 valence electrons. The van der Waals surface area contributed by atoms with E-state index in [0.29, 0.717) is 17.8 Å². The van der Waals surface area contributed by atoms with Crippen LogP contribution in [0.4, 0.5) is 5.69 Å². The number of piperidine rings is 1. The number of rotatable bonds is 6. The first-order valence-corrected chi connectivity index (χ1v) is 12.5. The Balaban J connectivity index is 0.000000248. The van der Waals surface area contributed by atoms with Crippen molar-refractivity contribution in [2.75, 3.05) is 18.0 Å². The van der Waals surface area contributed by atoms with Gasteiger partial charge in [0.25, 0.3) is 0 Å². The Morgan fingerprint density at radius 3 is 1.89 bits per heavy atom. The number of hydrogen-bond donors (Lipinski definition) is 3. The molecule has 0 amide bonds. The van der Waals surface area contributed by atoms with Gasteiger partial charge in [0.05, 0.1) is 28.9 Å². The molecule has 0 radical (unpaired) electrons. The number of aromatic carboxylic acids is 2. The van der Waals surface area contributed by atoms with E-state index in [0.717, 1.165) is 44.1 Å². The highest BCUT2D eigenvalue weighted by Crippen LogP contribution is 2.28. The van der Waals surface area contributed by atoms with Crippen LogP contribution in [0.1, 0.15) is 83.9 Å². The van der Waals surface area contributed by atoms with Crippen molar-refractivity contribution in [2.45, 2.75) is 70.7 Å². The van der Waals surface area contributed by atoms with Gasteiger partial charge in [-0.3, -0.25) is 0 Å². The van der Waals surface area contributed by atoms with Crippen molar-refractivity contribution in [3.63, 3.8) is 0 Å². The number of carbonyl (C=O) groups is 3. The molecular weight excluding hydrogens is 478 g/mol. The van der Waals surface area contributed by atoms with Crippen molar-refractivity contribution in [1.82, 2.24) is 0 Å². The number of phenolic OH excluding ortho intramolecular Hbond substituents is 1. The summed E-state index contributed by atoms with van der Waals surface area (Å²) < 4.78 is 11.5. The standard InChI is InChI=1S/C20H29NO3.C8H6O5/c1-20(2,3)24-19(22)15-7-9-16(10-8-15)21-13-11-18(12-14-21)23-17-5-4-6-17;9-4-1-2-5(7(10)11)6(3-4)8(12)13/h7-10,17-18H,4-6,11-14H2,1-3H3;1-3,9H,(H,10,11)(H,12,13). The molecule has 9 heteroatoms. The Morgan fingerprint density at radius 2 is 1.41 bits per heavy atom. The zero-order valence-corrected chi connectivity index (χ0v) is 21.5. The number of carboxylic acids is 2. The quantitative estimate of drug-likeness (QED) is 0.458. The molecule has 2 aromatic carbocycles. The minimum absolute atomic E-state index is 0.262. The second kappa shape index (κ2) is 12.1. The summed E-state index contributed by atoms with van der Waals surface area (Å²) in [5.41, 5.74) is 0.553. The third kappa shape index (κ3) is 8.21. The number of benzene rings is 2. The van der Waals surface area contributed by atoms with Gasteiger partial charge in [-0.05, 0) is 95.3 Å². The average Bonchev–Trinajstić information content (AvgIpc) is 2.81. The summed E-state index contributed by atoms with van der Waals surface area (Å²) in [5, 5.41) is 26.0. The molecule has 3 N–H and O–H groups in total. The fraction of sp³-hybridized carbons (Fsp3) is 0.464. The number of carboxylic acid groups (broad SMARTS) is 2. The van der Waals surface area contributed by atoms with Gasteiger partial charge in [-0.1, -0.05) is 0 Å². The van der Waals surface area contributed by atoms with Gasteiger partial charge >= 0.3 is 17.9 Å². The molecule has 0 aromatic heterocycles. The average molecular weight is 514 g/mol. The predicted molar refractivity (Wildman–Crippen MR) is 138 cm³/mol. The fourth-order valence-corrected chi connectivity index (χ4v) is 4.07. The van der Waals surface area contributed by atoms with Gasteiger partial charge in [0.1, 0.15) is 11.4 Å². The summed E-state index contributed by atoms with van der Waals surface area (Å²) in [6.45, 7) is 7.69. The molecule has 37 heavy (non-hydrogen) atoms. The zero-order chi connectivity index (χ0) is 27.2. The maximum atomic E-state index is 12.1. The zero-order valence-electron chi connectivity index (χ0n) is 21.5.